The van der Waals surface area contributed by atoms with Crippen LogP contribution in [0.1, 0.15) is 0 Å². The van der Waals surface area contributed by atoms with Gasteiger partial charge in [0, 0.05) is 0 Å². The summed E-state index contributed by atoms with van der Waals surface area (Å²) in [5.41, 5.74) is 0. The van der Waals surface area contributed by atoms with Gasteiger partial charge in [0.05, 0.1) is 0 Å². The van der Waals surface area contributed by atoms with Crippen molar-refractivity contribution < 1.29 is 22.0 Å². The maximum Gasteiger partial charge on any atom is 0.428 e. The van der Waals surface area contributed by atoms with Crippen molar-refractivity contribution in [2.75, 3.05) is 0 Å². The molecule has 6 heteroatoms. The van der Waals surface area contributed by atoms with E-state index in [0.717, 1.165) is 0 Å². The van der Waals surface area contributed by atoms with Gasteiger partial charge >= 0.3 is 6.18 Å². The van der Waals surface area contributed by atoms with Gasteiger partial charge in [-0.05, 0) is 0 Å². The maximum atomic E-state index is 11.1. The third-order valence-corrected chi connectivity index (χ3v) is 0.887. The first-order valence-electron chi connectivity index (χ1n) is 1.75. The Morgan fingerprint density at radius 2 is 1.56 bits per heavy atom. The van der Waals surface area contributed by atoms with Crippen molar-refractivity contribution in [3.8, 4) is 0 Å². The van der Waals surface area contributed by atoms with Gasteiger partial charge in [-0.15, -0.1) is 0 Å². The second-order valence-electron chi connectivity index (χ2n) is 1.16. The van der Waals surface area contributed by atoms with Crippen molar-refractivity contribution in [3.05, 3.63) is 0 Å². The third kappa shape index (κ3) is 2.69. The molecule has 0 heterocycles. The standard InChI is InChI=1S/C3HF5S/c4-2(5)1(9)3(6,7)8/h2H. The van der Waals surface area contributed by atoms with Gasteiger partial charge in [0.2, 0.25) is 0 Å². The number of rotatable bonds is 1. The molecule has 0 amide bonds. The van der Waals surface area contributed by atoms with Crippen LogP contribution in [0.3, 0.4) is 0 Å². The predicted molar refractivity (Wildman–Crippen MR) is 24.7 cm³/mol. The summed E-state index contributed by atoms with van der Waals surface area (Å²) >= 11 is 3.34. The van der Waals surface area contributed by atoms with Crippen LogP contribution in [0.25, 0.3) is 0 Å². The molecule has 0 fully saturated rings. The Morgan fingerprint density at radius 1 is 1.22 bits per heavy atom. The number of halogens is 5. The van der Waals surface area contributed by atoms with Gasteiger partial charge in [-0.25, -0.2) is 8.78 Å². The normalized spacial score (nSPS) is 12.2. The van der Waals surface area contributed by atoms with Crippen LogP contribution in [0.2, 0.25) is 0 Å². The molecule has 54 valence electrons. The first-order valence-corrected chi connectivity index (χ1v) is 2.15. The van der Waals surface area contributed by atoms with Crippen LogP contribution >= 0.6 is 12.2 Å². The van der Waals surface area contributed by atoms with Gasteiger partial charge in [0.1, 0.15) is 0 Å². The Labute approximate surface area is 52.7 Å². The fraction of sp³-hybridized carbons (Fsp3) is 0.667. The Bertz CT molecular complexity index is 114. The van der Waals surface area contributed by atoms with E-state index in [1.165, 1.54) is 0 Å². The van der Waals surface area contributed by atoms with Crippen LogP contribution in [-0.4, -0.2) is 17.5 Å². The lowest BCUT2D eigenvalue weighted by Gasteiger charge is -2.04. The van der Waals surface area contributed by atoms with Crippen molar-refractivity contribution in [1.82, 2.24) is 0 Å². The molecule has 0 aliphatic rings. The van der Waals surface area contributed by atoms with Gasteiger partial charge in [-0.1, -0.05) is 12.2 Å². The first-order chi connectivity index (χ1) is 3.85. The molecule has 0 unspecified atom stereocenters. The zero-order chi connectivity index (χ0) is 7.65. The molecule has 0 spiro atoms. The summed E-state index contributed by atoms with van der Waals surface area (Å²) in [6.07, 6.45) is -8.62. The summed E-state index contributed by atoms with van der Waals surface area (Å²) in [6.45, 7) is 0. The zero-order valence-corrected chi connectivity index (χ0v) is 4.69. The smallest absolute Gasteiger partial charge is 0.204 e. The van der Waals surface area contributed by atoms with E-state index in [9.17, 15) is 22.0 Å². The van der Waals surface area contributed by atoms with E-state index < -0.39 is 17.5 Å². The molecular formula is C3HF5S. The maximum absolute atomic E-state index is 11.1. The van der Waals surface area contributed by atoms with Crippen molar-refractivity contribution in [2.24, 2.45) is 0 Å². The van der Waals surface area contributed by atoms with Crippen molar-refractivity contribution in [1.29, 1.82) is 0 Å². The molecule has 0 aromatic heterocycles. The van der Waals surface area contributed by atoms with E-state index in [4.69, 9.17) is 0 Å². The van der Waals surface area contributed by atoms with E-state index in [2.05, 4.69) is 12.2 Å². The van der Waals surface area contributed by atoms with Crippen molar-refractivity contribution in [3.63, 3.8) is 0 Å². The highest BCUT2D eigenvalue weighted by molar-refractivity contribution is 7.80. The topological polar surface area (TPSA) is 0 Å². The fourth-order valence-corrected chi connectivity index (χ4v) is 0.124. The van der Waals surface area contributed by atoms with Crippen LogP contribution in [0, 0.1) is 0 Å². The molecule has 9 heavy (non-hydrogen) atoms. The second kappa shape index (κ2) is 2.55. The summed E-state index contributed by atoms with van der Waals surface area (Å²) in [7, 11) is 0. The molecule has 0 aliphatic carbocycles. The number of hydrogen-bond donors (Lipinski definition) is 0. The van der Waals surface area contributed by atoms with Gasteiger partial charge in [-0.3, -0.25) is 0 Å². The minimum absolute atomic E-state index is 2.16. The predicted octanol–water partition coefficient (Wildman–Crippen LogP) is 2.18. The zero-order valence-electron chi connectivity index (χ0n) is 3.88. The molecule has 0 bridgehead atoms. The van der Waals surface area contributed by atoms with Gasteiger partial charge in [-0.2, -0.15) is 13.2 Å². The van der Waals surface area contributed by atoms with E-state index >= 15 is 0 Å². The summed E-state index contributed by atoms with van der Waals surface area (Å²) in [5, 5.41) is 0. The monoisotopic (exact) mass is 164 g/mol. The largest absolute Gasteiger partial charge is 0.428 e. The molecule has 0 atom stereocenters. The highest BCUT2D eigenvalue weighted by atomic mass is 32.1. The Morgan fingerprint density at radius 3 is 1.56 bits per heavy atom. The summed E-state index contributed by atoms with van der Waals surface area (Å²) in [4.78, 5) is -2.16. The highest BCUT2D eigenvalue weighted by Crippen LogP contribution is 2.21. The molecule has 0 aromatic carbocycles. The SMILES string of the molecule is FC(F)C(=S)C(F)(F)F. The van der Waals surface area contributed by atoms with Crippen LogP contribution in [0.5, 0.6) is 0 Å². The molecule has 0 N–H and O–H groups in total. The fourth-order valence-electron chi connectivity index (χ4n) is 0.124. The van der Waals surface area contributed by atoms with E-state index in [-0.39, 0.29) is 0 Å². The average molecular weight is 164 g/mol. The molecule has 0 radical (unpaired) electrons. The summed E-state index contributed by atoms with van der Waals surface area (Å²) in [6, 6.07) is 0. The molecule has 0 aliphatic heterocycles. The first kappa shape index (κ1) is 8.74. The molecule has 0 saturated carbocycles. The van der Waals surface area contributed by atoms with Crippen LogP contribution in [0.4, 0.5) is 22.0 Å². The molecule has 0 saturated heterocycles. The lowest BCUT2D eigenvalue weighted by atomic mass is 10.4. The minimum atomic E-state index is -5.04. The number of thiocarbonyl (C=S) groups is 1. The van der Waals surface area contributed by atoms with Gasteiger partial charge in [0.25, 0.3) is 6.43 Å². The minimum Gasteiger partial charge on any atom is -0.204 e. The second-order valence-corrected chi connectivity index (χ2v) is 1.60. The van der Waals surface area contributed by atoms with Gasteiger partial charge < -0.3 is 0 Å². The molecule has 0 nitrogen and oxygen atoms in total. The van der Waals surface area contributed by atoms with Crippen LogP contribution < -0.4 is 0 Å². The van der Waals surface area contributed by atoms with E-state index in [1.54, 1.807) is 0 Å². The molecular weight excluding hydrogens is 163 g/mol. The van der Waals surface area contributed by atoms with Crippen molar-refractivity contribution in [2.45, 2.75) is 12.6 Å². The van der Waals surface area contributed by atoms with Crippen LogP contribution in [0.15, 0.2) is 0 Å². The van der Waals surface area contributed by atoms with E-state index in [1.807, 2.05) is 0 Å². The van der Waals surface area contributed by atoms with E-state index in [0.29, 0.717) is 0 Å². The highest BCUT2D eigenvalue weighted by Gasteiger charge is 2.39. The number of alkyl halides is 5. The number of hydrogen-bond acceptors (Lipinski definition) is 1. The quantitative estimate of drug-likeness (QED) is 0.422. The Balaban J connectivity index is 4.06. The lowest BCUT2D eigenvalue weighted by Crippen LogP contribution is -2.27. The summed E-state index contributed by atoms with van der Waals surface area (Å²) in [5.74, 6) is 0. The third-order valence-electron chi connectivity index (χ3n) is 0.478. The average Bonchev–Trinajstić information content (AvgIpc) is 1.62. The Kier molecular flexibility index (Phi) is 2.48. The Hall–Kier alpha value is -0.260. The van der Waals surface area contributed by atoms with Gasteiger partial charge in [0.15, 0.2) is 4.86 Å². The van der Waals surface area contributed by atoms with Crippen LogP contribution in [-0.2, 0) is 0 Å². The lowest BCUT2D eigenvalue weighted by molar-refractivity contribution is -0.0649. The van der Waals surface area contributed by atoms with Crippen molar-refractivity contribution >= 4 is 17.1 Å². The molecule has 0 aromatic rings. The summed E-state index contributed by atoms with van der Waals surface area (Å²) < 4.78 is 55.4. The molecule has 0 rings (SSSR count).